The lowest BCUT2D eigenvalue weighted by Crippen LogP contribution is -2.33. The molecule has 1 aliphatic carbocycles. The highest BCUT2D eigenvalue weighted by Gasteiger charge is 2.33. The van der Waals surface area contributed by atoms with Crippen LogP contribution in [0, 0.1) is 0 Å². The minimum absolute atomic E-state index is 0.148. The first-order valence-corrected chi connectivity index (χ1v) is 7.38. The van der Waals surface area contributed by atoms with Crippen molar-refractivity contribution in [2.75, 3.05) is 0 Å². The summed E-state index contributed by atoms with van der Waals surface area (Å²) >= 11 is 3.42. The SMILES string of the molecule is NC1(c2csc(-c3ccsc3)n2)CCCC1. The second-order valence-corrected chi connectivity index (χ2v) is 6.05. The van der Waals surface area contributed by atoms with Gasteiger partial charge in [0.1, 0.15) is 5.01 Å². The summed E-state index contributed by atoms with van der Waals surface area (Å²) in [7, 11) is 0. The van der Waals surface area contributed by atoms with E-state index in [2.05, 4.69) is 22.2 Å². The number of aromatic nitrogens is 1. The maximum atomic E-state index is 6.39. The third-order valence-electron chi connectivity index (χ3n) is 3.28. The molecule has 1 saturated carbocycles. The summed E-state index contributed by atoms with van der Waals surface area (Å²) in [6.45, 7) is 0. The van der Waals surface area contributed by atoms with Gasteiger partial charge in [0, 0.05) is 16.3 Å². The van der Waals surface area contributed by atoms with Crippen molar-refractivity contribution in [2.45, 2.75) is 31.2 Å². The zero-order valence-electron chi connectivity index (χ0n) is 8.98. The molecular formula is C12H14N2S2. The van der Waals surface area contributed by atoms with Crippen LogP contribution in [-0.4, -0.2) is 4.98 Å². The second-order valence-electron chi connectivity index (χ2n) is 4.41. The molecule has 0 atom stereocenters. The lowest BCUT2D eigenvalue weighted by Gasteiger charge is -2.20. The van der Waals surface area contributed by atoms with Crippen molar-refractivity contribution in [3.63, 3.8) is 0 Å². The van der Waals surface area contributed by atoms with Crippen LogP contribution < -0.4 is 5.73 Å². The summed E-state index contributed by atoms with van der Waals surface area (Å²) in [6, 6.07) is 2.12. The van der Waals surface area contributed by atoms with Crippen LogP contribution in [0.25, 0.3) is 10.6 Å². The minimum Gasteiger partial charge on any atom is -0.320 e. The van der Waals surface area contributed by atoms with E-state index in [1.54, 1.807) is 22.7 Å². The largest absolute Gasteiger partial charge is 0.320 e. The molecule has 0 spiro atoms. The number of hydrogen-bond donors (Lipinski definition) is 1. The Morgan fingerprint density at radius 3 is 2.75 bits per heavy atom. The van der Waals surface area contributed by atoms with Crippen molar-refractivity contribution in [2.24, 2.45) is 5.73 Å². The molecule has 4 heteroatoms. The molecule has 0 bridgehead atoms. The van der Waals surface area contributed by atoms with Gasteiger partial charge >= 0.3 is 0 Å². The Labute approximate surface area is 103 Å². The van der Waals surface area contributed by atoms with Crippen LogP contribution in [0.15, 0.2) is 22.2 Å². The molecule has 0 aliphatic heterocycles. The van der Waals surface area contributed by atoms with Gasteiger partial charge in [-0.15, -0.1) is 11.3 Å². The highest BCUT2D eigenvalue weighted by Crippen LogP contribution is 2.38. The predicted octanol–water partition coefficient (Wildman–Crippen LogP) is 3.60. The predicted molar refractivity (Wildman–Crippen MR) is 69.8 cm³/mol. The Bertz CT molecular complexity index is 467. The fraction of sp³-hybridized carbons (Fsp3) is 0.417. The Kier molecular flexibility index (Phi) is 2.58. The molecule has 0 saturated heterocycles. The molecular weight excluding hydrogens is 236 g/mol. The molecule has 2 heterocycles. The van der Waals surface area contributed by atoms with E-state index >= 15 is 0 Å². The summed E-state index contributed by atoms with van der Waals surface area (Å²) in [5, 5.41) is 7.47. The summed E-state index contributed by atoms with van der Waals surface area (Å²) in [5.74, 6) is 0. The molecule has 3 rings (SSSR count). The smallest absolute Gasteiger partial charge is 0.124 e. The molecule has 0 radical (unpaired) electrons. The molecule has 1 fully saturated rings. The Hall–Kier alpha value is -0.710. The van der Waals surface area contributed by atoms with Crippen molar-refractivity contribution >= 4 is 22.7 Å². The van der Waals surface area contributed by atoms with Crippen molar-refractivity contribution in [3.05, 3.63) is 27.9 Å². The number of nitrogens with two attached hydrogens (primary N) is 1. The van der Waals surface area contributed by atoms with E-state index in [0.717, 1.165) is 23.5 Å². The molecule has 2 aromatic heterocycles. The third-order valence-corrected chi connectivity index (χ3v) is 4.85. The number of nitrogens with zero attached hydrogens (tertiary/aromatic N) is 1. The van der Waals surface area contributed by atoms with E-state index in [9.17, 15) is 0 Å². The first-order valence-electron chi connectivity index (χ1n) is 5.55. The molecule has 0 aromatic carbocycles. The van der Waals surface area contributed by atoms with Crippen molar-refractivity contribution in [3.8, 4) is 10.6 Å². The highest BCUT2D eigenvalue weighted by atomic mass is 32.1. The van der Waals surface area contributed by atoms with Crippen LogP contribution in [0.5, 0.6) is 0 Å². The average molecular weight is 250 g/mol. The van der Waals surface area contributed by atoms with E-state index in [0.29, 0.717) is 0 Å². The fourth-order valence-electron chi connectivity index (χ4n) is 2.28. The number of thiazole rings is 1. The van der Waals surface area contributed by atoms with Gasteiger partial charge in [-0.2, -0.15) is 11.3 Å². The lowest BCUT2D eigenvalue weighted by atomic mass is 9.96. The van der Waals surface area contributed by atoms with E-state index in [-0.39, 0.29) is 5.54 Å². The zero-order chi connectivity index (χ0) is 11.0. The van der Waals surface area contributed by atoms with Crippen LogP contribution in [0.4, 0.5) is 0 Å². The van der Waals surface area contributed by atoms with Gasteiger partial charge in [-0.3, -0.25) is 0 Å². The van der Waals surface area contributed by atoms with E-state index < -0.39 is 0 Å². The minimum atomic E-state index is -0.148. The van der Waals surface area contributed by atoms with Crippen LogP contribution in [0.1, 0.15) is 31.4 Å². The topological polar surface area (TPSA) is 38.9 Å². The van der Waals surface area contributed by atoms with Crippen molar-refractivity contribution < 1.29 is 0 Å². The number of rotatable bonds is 2. The van der Waals surface area contributed by atoms with E-state index in [1.165, 1.54) is 18.4 Å². The number of thiophene rings is 1. The lowest BCUT2D eigenvalue weighted by molar-refractivity contribution is 0.450. The van der Waals surface area contributed by atoms with Gasteiger partial charge in [0.05, 0.1) is 11.2 Å². The molecule has 84 valence electrons. The van der Waals surface area contributed by atoms with Crippen LogP contribution in [-0.2, 0) is 5.54 Å². The Morgan fingerprint density at radius 1 is 1.25 bits per heavy atom. The monoisotopic (exact) mass is 250 g/mol. The van der Waals surface area contributed by atoms with E-state index in [1.807, 2.05) is 0 Å². The quantitative estimate of drug-likeness (QED) is 0.884. The molecule has 16 heavy (non-hydrogen) atoms. The molecule has 0 amide bonds. The number of hydrogen-bond acceptors (Lipinski definition) is 4. The van der Waals surface area contributed by atoms with Gasteiger partial charge in [-0.1, -0.05) is 12.8 Å². The molecule has 1 aliphatic rings. The molecule has 2 aromatic rings. The van der Waals surface area contributed by atoms with Crippen LogP contribution >= 0.6 is 22.7 Å². The van der Waals surface area contributed by atoms with Crippen molar-refractivity contribution in [1.82, 2.24) is 4.98 Å². The third kappa shape index (κ3) is 1.71. The first-order chi connectivity index (χ1) is 7.78. The van der Waals surface area contributed by atoms with Gasteiger partial charge in [0.2, 0.25) is 0 Å². The average Bonchev–Trinajstić information content (AvgIpc) is 2.98. The summed E-state index contributed by atoms with van der Waals surface area (Å²) < 4.78 is 0. The normalized spacial score (nSPS) is 19.1. The fourth-order valence-corrected chi connectivity index (χ4v) is 3.92. The van der Waals surface area contributed by atoms with E-state index in [4.69, 9.17) is 10.7 Å². The Balaban J connectivity index is 1.93. The Morgan fingerprint density at radius 2 is 2.06 bits per heavy atom. The maximum absolute atomic E-state index is 6.39. The van der Waals surface area contributed by atoms with Gasteiger partial charge in [-0.05, 0) is 24.3 Å². The molecule has 2 nitrogen and oxygen atoms in total. The van der Waals surface area contributed by atoms with Crippen LogP contribution in [0.3, 0.4) is 0 Å². The molecule has 2 N–H and O–H groups in total. The van der Waals surface area contributed by atoms with Gasteiger partial charge < -0.3 is 5.73 Å². The van der Waals surface area contributed by atoms with Crippen molar-refractivity contribution in [1.29, 1.82) is 0 Å². The summed E-state index contributed by atoms with van der Waals surface area (Å²) in [6.07, 6.45) is 4.64. The second kappa shape index (κ2) is 3.95. The summed E-state index contributed by atoms with van der Waals surface area (Å²) in [5.41, 5.74) is 8.56. The van der Waals surface area contributed by atoms with Gasteiger partial charge in [0.25, 0.3) is 0 Å². The summed E-state index contributed by atoms with van der Waals surface area (Å²) in [4.78, 5) is 4.71. The highest BCUT2D eigenvalue weighted by molar-refractivity contribution is 7.14. The standard InChI is InChI=1S/C12H14N2S2/c13-12(4-1-2-5-12)10-8-16-11(14-10)9-3-6-15-7-9/h3,6-8H,1-2,4-5,13H2. The van der Waals surface area contributed by atoms with Gasteiger partial charge in [0.15, 0.2) is 0 Å². The zero-order valence-corrected chi connectivity index (χ0v) is 10.6. The van der Waals surface area contributed by atoms with Gasteiger partial charge in [-0.25, -0.2) is 4.98 Å². The maximum Gasteiger partial charge on any atom is 0.124 e. The van der Waals surface area contributed by atoms with Crippen LogP contribution in [0.2, 0.25) is 0 Å². The first kappa shape index (κ1) is 10.4. The molecule has 0 unspecified atom stereocenters.